The van der Waals surface area contributed by atoms with Crippen molar-refractivity contribution in [3.8, 4) is 0 Å². The quantitative estimate of drug-likeness (QED) is 0.676. The lowest BCUT2D eigenvalue weighted by molar-refractivity contribution is -0.121. The number of amides is 1. The van der Waals surface area contributed by atoms with E-state index in [1.807, 2.05) is 48.0 Å². The van der Waals surface area contributed by atoms with Crippen LogP contribution in [0.5, 0.6) is 0 Å². The van der Waals surface area contributed by atoms with Crippen molar-refractivity contribution in [1.82, 2.24) is 25.1 Å². The third-order valence-corrected chi connectivity index (χ3v) is 4.66. The van der Waals surface area contributed by atoms with Gasteiger partial charge in [0.15, 0.2) is 0 Å². The molecule has 0 unspecified atom stereocenters. The van der Waals surface area contributed by atoms with Crippen molar-refractivity contribution in [3.63, 3.8) is 0 Å². The second-order valence-electron chi connectivity index (χ2n) is 5.53. The molecule has 1 atom stereocenters. The van der Waals surface area contributed by atoms with Crippen LogP contribution in [0.15, 0.2) is 42.7 Å². The molecule has 0 radical (unpaired) electrons. The molecular formula is C17H20N6OS. The van der Waals surface area contributed by atoms with E-state index < -0.39 is 0 Å². The molecule has 0 aliphatic heterocycles. The fourth-order valence-corrected chi connectivity index (χ4v) is 3.30. The van der Waals surface area contributed by atoms with E-state index in [1.54, 1.807) is 6.20 Å². The molecule has 7 nitrogen and oxygen atoms in total. The summed E-state index contributed by atoms with van der Waals surface area (Å²) in [5.41, 5.74) is 6.65. The van der Waals surface area contributed by atoms with E-state index in [9.17, 15) is 4.79 Å². The Balaban J connectivity index is 1.71. The van der Waals surface area contributed by atoms with Crippen molar-refractivity contribution in [3.05, 3.63) is 59.1 Å². The molecule has 1 aromatic carbocycles. The van der Waals surface area contributed by atoms with Gasteiger partial charge < -0.3 is 15.6 Å². The van der Waals surface area contributed by atoms with E-state index >= 15 is 0 Å². The number of rotatable bonds is 7. The number of nitrogens with two attached hydrogens (primary N) is 1. The van der Waals surface area contributed by atoms with Gasteiger partial charge in [-0.3, -0.25) is 4.79 Å². The van der Waals surface area contributed by atoms with Gasteiger partial charge in [-0.05, 0) is 5.56 Å². The number of nitrogen functional groups attached to an aromatic ring is 1. The Bertz CT molecular complexity index is 829. The highest BCUT2D eigenvalue weighted by atomic mass is 32.1. The smallest absolute Gasteiger partial charge is 0.222 e. The van der Waals surface area contributed by atoms with Gasteiger partial charge in [0.1, 0.15) is 16.9 Å². The highest BCUT2D eigenvalue weighted by Gasteiger charge is 2.20. The molecule has 0 aliphatic rings. The summed E-state index contributed by atoms with van der Waals surface area (Å²) in [7, 11) is 0. The second-order valence-corrected chi connectivity index (χ2v) is 6.57. The Morgan fingerprint density at radius 1 is 1.32 bits per heavy atom. The summed E-state index contributed by atoms with van der Waals surface area (Å²) in [6.07, 6.45) is 4.85. The highest BCUT2D eigenvalue weighted by molar-refractivity contribution is 7.15. The van der Waals surface area contributed by atoms with Crippen LogP contribution in [0, 0.1) is 0 Å². The van der Waals surface area contributed by atoms with Crippen LogP contribution in [0.1, 0.15) is 35.8 Å². The lowest BCUT2D eigenvalue weighted by Crippen LogP contribution is -2.30. The standard InChI is InChI=1S/C17H20N6OS/c1-2-13-19-9-11-23(13)10-8-14(24)20-15(12-6-4-3-5-7-12)16-21-22-17(18)25-16/h3-7,9,11,15H,2,8,10H2,1H3,(H2,18,22)(H,20,24)/t15-/m1/s1. The predicted octanol–water partition coefficient (Wildman–Crippen LogP) is 2.18. The molecular weight excluding hydrogens is 336 g/mol. The minimum Gasteiger partial charge on any atom is -0.374 e. The first-order valence-electron chi connectivity index (χ1n) is 8.10. The van der Waals surface area contributed by atoms with E-state index in [2.05, 4.69) is 20.5 Å². The number of carbonyl (C=O) groups excluding carboxylic acids is 1. The van der Waals surface area contributed by atoms with Gasteiger partial charge in [-0.2, -0.15) is 0 Å². The van der Waals surface area contributed by atoms with Gasteiger partial charge in [-0.15, -0.1) is 10.2 Å². The topological polar surface area (TPSA) is 98.7 Å². The Morgan fingerprint density at radius 3 is 2.80 bits per heavy atom. The van der Waals surface area contributed by atoms with Crippen molar-refractivity contribution in [1.29, 1.82) is 0 Å². The largest absolute Gasteiger partial charge is 0.374 e. The number of imidazole rings is 1. The minimum atomic E-state index is -0.350. The van der Waals surface area contributed by atoms with E-state index in [0.717, 1.165) is 17.8 Å². The summed E-state index contributed by atoms with van der Waals surface area (Å²) in [5, 5.41) is 12.1. The van der Waals surface area contributed by atoms with Gasteiger partial charge in [0.25, 0.3) is 0 Å². The summed E-state index contributed by atoms with van der Waals surface area (Å²) >= 11 is 1.28. The molecule has 0 bridgehead atoms. The summed E-state index contributed by atoms with van der Waals surface area (Å²) in [4.78, 5) is 16.8. The molecule has 0 spiro atoms. The van der Waals surface area contributed by atoms with Crippen LogP contribution < -0.4 is 11.1 Å². The van der Waals surface area contributed by atoms with Crippen molar-refractivity contribution < 1.29 is 4.79 Å². The van der Waals surface area contributed by atoms with Crippen molar-refractivity contribution in [2.45, 2.75) is 32.4 Å². The fourth-order valence-electron chi connectivity index (χ4n) is 2.61. The monoisotopic (exact) mass is 356 g/mol. The molecule has 2 aromatic heterocycles. The van der Waals surface area contributed by atoms with Crippen molar-refractivity contribution >= 4 is 22.4 Å². The summed E-state index contributed by atoms with van der Waals surface area (Å²) < 4.78 is 2.00. The first-order chi connectivity index (χ1) is 12.2. The number of anilines is 1. The van der Waals surface area contributed by atoms with E-state index in [0.29, 0.717) is 23.1 Å². The molecule has 3 N–H and O–H groups in total. The average molecular weight is 356 g/mol. The number of nitrogens with one attached hydrogen (secondary N) is 1. The van der Waals surface area contributed by atoms with Gasteiger partial charge in [-0.25, -0.2) is 4.98 Å². The zero-order chi connectivity index (χ0) is 17.6. The number of hydrogen-bond acceptors (Lipinski definition) is 6. The molecule has 25 heavy (non-hydrogen) atoms. The lowest BCUT2D eigenvalue weighted by atomic mass is 10.1. The molecule has 3 rings (SSSR count). The van der Waals surface area contributed by atoms with Crippen LogP contribution in [0.25, 0.3) is 0 Å². The summed E-state index contributed by atoms with van der Waals surface area (Å²) in [6.45, 7) is 2.64. The van der Waals surface area contributed by atoms with Crippen LogP contribution in [-0.2, 0) is 17.8 Å². The molecule has 3 aromatic rings. The third kappa shape index (κ3) is 4.21. The number of benzene rings is 1. The van der Waals surface area contributed by atoms with Crippen LogP contribution in [-0.4, -0.2) is 25.7 Å². The van der Waals surface area contributed by atoms with Crippen LogP contribution in [0.4, 0.5) is 5.13 Å². The van der Waals surface area contributed by atoms with E-state index in [1.165, 1.54) is 11.3 Å². The zero-order valence-electron chi connectivity index (χ0n) is 13.9. The van der Waals surface area contributed by atoms with E-state index in [-0.39, 0.29) is 11.9 Å². The summed E-state index contributed by atoms with van der Waals surface area (Å²) in [6, 6.07) is 9.34. The first-order valence-corrected chi connectivity index (χ1v) is 8.92. The molecule has 1 amide bonds. The van der Waals surface area contributed by atoms with Gasteiger partial charge in [-0.1, -0.05) is 48.6 Å². The highest BCUT2D eigenvalue weighted by Crippen LogP contribution is 2.25. The molecule has 0 fully saturated rings. The van der Waals surface area contributed by atoms with Gasteiger partial charge in [0, 0.05) is 31.8 Å². The van der Waals surface area contributed by atoms with Crippen molar-refractivity contribution in [2.75, 3.05) is 5.73 Å². The fraction of sp³-hybridized carbons (Fsp3) is 0.294. The van der Waals surface area contributed by atoms with Crippen LogP contribution in [0.3, 0.4) is 0 Å². The van der Waals surface area contributed by atoms with E-state index in [4.69, 9.17) is 5.73 Å². The number of aromatic nitrogens is 4. The van der Waals surface area contributed by atoms with Gasteiger partial charge in [0.2, 0.25) is 11.0 Å². The van der Waals surface area contributed by atoms with Gasteiger partial charge >= 0.3 is 0 Å². The number of carbonyl (C=O) groups is 1. The van der Waals surface area contributed by atoms with Gasteiger partial charge in [0.05, 0.1) is 0 Å². The number of hydrogen-bond donors (Lipinski definition) is 2. The normalized spacial score (nSPS) is 12.0. The molecule has 0 aliphatic carbocycles. The molecule has 0 saturated heterocycles. The zero-order valence-corrected chi connectivity index (χ0v) is 14.7. The maximum absolute atomic E-state index is 12.5. The Kier molecular flexibility index (Phi) is 5.39. The molecule has 2 heterocycles. The Labute approximate surface area is 149 Å². The third-order valence-electron chi connectivity index (χ3n) is 3.84. The molecule has 0 saturated carbocycles. The lowest BCUT2D eigenvalue weighted by Gasteiger charge is -2.17. The maximum atomic E-state index is 12.5. The molecule has 130 valence electrons. The second kappa shape index (κ2) is 7.89. The molecule has 8 heteroatoms. The SMILES string of the molecule is CCc1nccn1CCC(=O)N[C@H](c1ccccc1)c1nnc(N)s1. The predicted molar refractivity (Wildman–Crippen MR) is 97.0 cm³/mol. The minimum absolute atomic E-state index is 0.0571. The average Bonchev–Trinajstić information content (AvgIpc) is 3.27. The number of aryl methyl sites for hydroxylation is 2. The first kappa shape index (κ1) is 17.1. The summed E-state index contributed by atoms with van der Waals surface area (Å²) in [5.74, 6) is 0.919. The van der Waals surface area contributed by atoms with Crippen molar-refractivity contribution in [2.24, 2.45) is 0 Å². The maximum Gasteiger partial charge on any atom is 0.222 e. The van der Waals surface area contributed by atoms with Crippen LogP contribution >= 0.6 is 11.3 Å². The Hall–Kier alpha value is -2.74. The number of nitrogens with zero attached hydrogens (tertiary/aromatic N) is 4. The Morgan fingerprint density at radius 2 is 2.12 bits per heavy atom. The van der Waals surface area contributed by atoms with Crippen LogP contribution in [0.2, 0.25) is 0 Å².